The van der Waals surface area contributed by atoms with Crippen LogP contribution in [0.2, 0.25) is 0 Å². The monoisotopic (exact) mass is 392 g/mol. The molecule has 8 nitrogen and oxygen atoms in total. The maximum absolute atomic E-state index is 12.7. The van der Waals surface area contributed by atoms with E-state index in [2.05, 4.69) is 29.7 Å². The molecule has 1 N–H and O–H groups in total. The number of anilines is 2. The first kappa shape index (κ1) is 18.1. The number of amides is 1. The third-order valence-corrected chi connectivity index (χ3v) is 5.73. The maximum Gasteiger partial charge on any atom is 0.257 e. The fraction of sp³-hybridized carbons (Fsp3) is 0.429. The number of rotatable bonds is 4. The van der Waals surface area contributed by atoms with Crippen LogP contribution in [0.3, 0.4) is 0 Å². The van der Waals surface area contributed by atoms with Crippen molar-refractivity contribution in [2.75, 3.05) is 36.5 Å². The Bertz CT molecular complexity index is 1000. The first-order valence-corrected chi connectivity index (χ1v) is 10.2. The summed E-state index contributed by atoms with van der Waals surface area (Å²) in [4.78, 5) is 28.3. The van der Waals surface area contributed by atoms with Crippen LogP contribution in [0.1, 0.15) is 42.1 Å². The summed E-state index contributed by atoms with van der Waals surface area (Å²) >= 11 is 0. The van der Waals surface area contributed by atoms with Gasteiger partial charge >= 0.3 is 0 Å². The van der Waals surface area contributed by atoms with Crippen molar-refractivity contribution in [1.29, 1.82) is 0 Å². The number of carbonyl (C=O) groups is 1. The van der Waals surface area contributed by atoms with Gasteiger partial charge in [0.05, 0.1) is 37.0 Å². The molecule has 1 aliphatic carbocycles. The van der Waals surface area contributed by atoms with Gasteiger partial charge in [0, 0.05) is 25.3 Å². The Morgan fingerprint density at radius 2 is 1.90 bits per heavy atom. The lowest BCUT2D eigenvalue weighted by atomic mass is 10.2. The van der Waals surface area contributed by atoms with Crippen molar-refractivity contribution in [3.8, 4) is 0 Å². The highest BCUT2D eigenvalue weighted by Gasteiger charge is 2.20. The van der Waals surface area contributed by atoms with E-state index in [1.54, 1.807) is 18.5 Å². The molecule has 1 aliphatic heterocycles. The minimum absolute atomic E-state index is 0.212. The summed E-state index contributed by atoms with van der Waals surface area (Å²) < 4.78 is 7.52. The summed E-state index contributed by atoms with van der Waals surface area (Å²) in [7, 11) is 0. The third kappa shape index (κ3) is 3.67. The fourth-order valence-electron chi connectivity index (χ4n) is 4.14. The molecule has 0 bridgehead atoms. The van der Waals surface area contributed by atoms with E-state index in [0.29, 0.717) is 30.5 Å². The molecule has 4 heterocycles. The molecule has 0 aromatic carbocycles. The van der Waals surface area contributed by atoms with E-state index in [1.165, 1.54) is 25.7 Å². The largest absolute Gasteiger partial charge is 0.378 e. The molecule has 5 rings (SSSR count). The van der Waals surface area contributed by atoms with Gasteiger partial charge in [0.2, 0.25) is 0 Å². The number of imidazole rings is 1. The first-order valence-electron chi connectivity index (χ1n) is 10.2. The Labute approximate surface area is 168 Å². The molecular weight excluding hydrogens is 368 g/mol. The Hall–Kier alpha value is -3.00. The van der Waals surface area contributed by atoms with Crippen LogP contribution in [0.15, 0.2) is 36.9 Å². The lowest BCUT2D eigenvalue weighted by molar-refractivity contribution is 0.102. The number of aromatic nitrogens is 4. The highest BCUT2D eigenvalue weighted by atomic mass is 16.5. The average molecular weight is 392 g/mol. The number of pyridine rings is 2. The van der Waals surface area contributed by atoms with Crippen LogP contribution >= 0.6 is 0 Å². The fourth-order valence-corrected chi connectivity index (χ4v) is 4.14. The summed E-state index contributed by atoms with van der Waals surface area (Å²) in [6, 6.07) is 6.07. The predicted molar refractivity (Wildman–Crippen MR) is 110 cm³/mol. The second-order valence-corrected chi connectivity index (χ2v) is 7.62. The zero-order valence-corrected chi connectivity index (χ0v) is 16.3. The van der Waals surface area contributed by atoms with Gasteiger partial charge in [0.25, 0.3) is 5.91 Å². The Morgan fingerprint density at radius 1 is 1.07 bits per heavy atom. The number of nitrogens with zero attached hydrogens (tertiary/aromatic N) is 5. The second-order valence-electron chi connectivity index (χ2n) is 7.62. The Morgan fingerprint density at radius 3 is 2.66 bits per heavy atom. The molecule has 0 radical (unpaired) electrons. The van der Waals surface area contributed by atoms with Gasteiger partial charge in [-0.25, -0.2) is 15.0 Å². The number of nitrogens with one attached hydrogen (secondary N) is 1. The van der Waals surface area contributed by atoms with E-state index in [1.807, 2.05) is 18.5 Å². The summed E-state index contributed by atoms with van der Waals surface area (Å²) in [5.41, 5.74) is 2.75. The molecule has 29 heavy (non-hydrogen) atoms. The smallest absolute Gasteiger partial charge is 0.257 e. The molecule has 2 fully saturated rings. The van der Waals surface area contributed by atoms with E-state index >= 15 is 0 Å². The molecular formula is C21H24N6O2. The van der Waals surface area contributed by atoms with Crippen LogP contribution in [0, 0.1) is 0 Å². The molecule has 1 saturated carbocycles. The zero-order chi connectivity index (χ0) is 19.6. The van der Waals surface area contributed by atoms with Crippen molar-refractivity contribution in [3.63, 3.8) is 0 Å². The van der Waals surface area contributed by atoms with E-state index < -0.39 is 0 Å². The molecule has 0 unspecified atom stereocenters. The first-order chi connectivity index (χ1) is 14.3. The molecule has 3 aromatic heterocycles. The molecule has 1 saturated heterocycles. The van der Waals surface area contributed by atoms with Gasteiger partial charge in [-0.2, -0.15) is 0 Å². The number of fused-ring (bicyclic) bond motifs is 1. The maximum atomic E-state index is 12.7. The van der Waals surface area contributed by atoms with Crippen molar-refractivity contribution in [2.24, 2.45) is 0 Å². The van der Waals surface area contributed by atoms with Crippen molar-refractivity contribution in [3.05, 3.63) is 42.5 Å². The molecule has 150 valence electrons. The highest BCUT2D eigenvalue weighted by molar-refractivity contribution is 6.05. The van der Waals surface area contributed by atoms with Crippen molar-refractivity contribution < 1.29 is 9.53 Å². The molecule has 2 aliphatic rings. The van der Waals surface area contributed by atoms with Gasteiger partial charge < -0.3 is 19.5 Å². The van der Waals surface area contributed by atoms with Crippen LogP contribution < -0.4 is 10.2 Å². The van der Waals surface area contributed by atoms with Crippen molar-refractivity contribution >= 4 is 28.6 Å². The normalized spacial score (nSPS) is 17.7. The topological polar surface area (TPSA) is 85.2 Å². The van der Waals surface area contributed by atoms with Gasteiger partial charge in [-0.1, -0.05) is 12.8 Å². The standard InChI is InChI=1S/C21H24N6O2/c28-21(25-16-5-6-19(22-13-16)26-7-9-29-10-8-26)15-11-18-20(23-12-15)27(14-24-18)17-3-1-2-4-17/h5-6,11-14,17H,1-4,7-10H2,(H,25,28). The molecule has 1 amide bonds. The number of hydrogen-bond acceptors (Lipinski definition) is 6. The Balaban J connectivity index is 1.29. The van der Waals surface area contributed by atoms with E-state index in [9.17, 15) is 4.79 Å². The van der Waals surface area contributed by atoms with Crippen LogP contribution in [-0.2, 0) is 4.74 Å². The molecule has 8 heteroatoms. The van der Waals surface area contributed by atoms with Crippen LogP contribution in [0.25, 0.3) is 11.2 Å². The second kappa shape index (κ2) is 7.79. The molecule has 0 atom stereocenters. The SMILES string of the molecule is O=C(Nc1ccc(N2CCOCC2)nc1)c1cnc2c(c1)ncn2C1CCCC1. The van der Waals surface area contributed by atoms with Gasteiger partial charge in [-0.3, -0.25) is 4.79 Å². The van der Waals surface area contributed by atoms with E-state index in [4.69, 9.17) is 4.74 Å². The number of carbonyl (C=O) groups excluding carboxylic acids is 1. The minimum atomic E-state index is -0.212. The molecule has 0 spiro atoms. The lowest BCUT2D eigenvalue weighted by Gasteiger charge is -2.27. The van der Waals surface area contributed by atoms with Gasteiger partial charge in [-0.15, -0.1) is 0 Å². The van der Waals surface area contributed by atoms with E-state index in [0.717, 1.165) is 30.1 Å². The number of morpholine rings is 1. The minimum Gasteiger partial charge on any atom is -0.378 e. The van der Waals surface area contributed by atoms with Crippen molar-refractivity contribution in [2.45, 2.75) is 31.7 Å². The van der Waals surface area contributed by atoms with Gasteiger partial charge in [0.1, 0.15) is 11.3 Å². The van der Waals surface area contributed by atoms with Crippen LogP contribution in [0.4, 0.5) is 11.5 Å². The van der Waals surface area contributed by atoms with Gasteiger partial charge in [0.15, 0.2) is 5.65 Å². The van der Waals surface area contributed by atoms with Crippen LogP contribution in [0.5, 0.6) is 0 Å². The zero-order valence-electron chi connectivity index (χ0n) is 16.3. The van der Waals surface area contributed by atoms with Gasteiger partial charge in [-0.05, 0) is 31.0 Å². The summed E-state index contributed by atoms with van der Waals surface area (Å²) in [6.45, 7) is 3.09. The summed E-state index contributed by atoms with van der Waals surface area (Å²) in [6.07, 6.45) is 10.0. The predicted octanol–water partition coefficient (Wildman–Crippen LogP) is 3.03. The summed E-state index contributed by atoms with van der Waals surface area (Å²) in [5.74, 6) is 0.683. The quantitative estimate of drug-likeness (QED) is 0.735. The molecule has 3 aromatic rings. The number of ether oxygens (including phenoxy) is 1. The summed E-state index contributed by atoms with van der Waals surface area (Å²) in [5, 5.41) is 2.90. The average Bonchev–Trinajstić information content (AvgIpc) is 3.44. The Kier molecular flexibility index (Phi) is 4.85. The van der Waals surface area contributed by atoms with Crippen molar-refractivity contribution in [1.82, 2.24) is 19.5 Å². The van der Waals surface area contributed by atoms with Crippen LogP contribution in [-0.4, -0.2) is 51.7 Å². The lowest BCUT2D eigenvalue weighted by Crippen LogP contribution is -2.36. The third-order valence-electron chi connectivity index (χ3n) is 5.73. The number of hydrogen-bond donors (Lipinski definition) is 1. The van der Waals surface area contributed by atoms with E-state index in [-0.39, 0.29) is 5.91 Å². The highest BCUT2D eigenvalue weighted by Crippen LogP contribution is 2.31.